The minimum absolute atomic E-state index is 0.320. The maximum Gasteiger partial charge on any atom is 0.340 e. The lowest BCUT2D eigenvalue weighted by Gasteiger charge is -2.05. The molecule has 0 aliphatic rings. The molecule has 0 saturated heterocycles. The minimum Gasteiger partial charge on any atom is -0.462 e. The standard InChI is InChI=1S/C17H16N6O3/c1-4-25-17(24)16-10(2)22(3)13-6-5-11(9-12(13)16)26-15-8-7-14-18-20-21-23(14)19-15/h5-9H,4H2,1-3H3. The number of nitrogens with zero attached hydrogens (tertiary/aromatic N) is 6. The van der Waals surface area contributed by atoms with Gasteiger partial charge in [-0.15, -0.1) is 14.8 Å². The van der Waals surface area contributed by atoms with E-state index in [0.29, 0.717) is 29.4 Å². The summed E-state index contributed by atoms with van der Waals surface area (Å²) in [6.07, 6.45) is 0. The molecule has 3 heterocycles. The maximum absolute atomic E-state index is 12.4. The van der Waals surface area contributed by atoms with Gasteiger partial charge in [0.05, 0.1) is 12.2 Å². The smallest absolute Gasteiger partial charge is 0.340 e. The lowest BCUT2D eigenvalue weighted by Crippen LogP contribution is -2.06. The summed E-state index contributed by atoms with van der Waals surface area (Å²) in [4.78, 5) is 12.4. The van der Waals surface area contributed by atoms with Crippen LogP contribution in [0.2, 0.25) is 0 Å². The number of ether oxygens (including phenoxy) is 2. The summed E-state index contributed by atoms with van der Waals surface area (Å²) in [5.41, 5.74) is 2.82. The van der Waals surface area contributed by atoms with Gasteiger partial charge in [0.25, 0.3) is 0 Å². The monoisotopic (exact) mass is 352 g/mol. The highest BCUT2D eigenvalue weighted by Crippen LogP contribution is 2.30. The first-order chi connectivity index (χ1) is 12.6. The average Bonchev–Trinajstić information content (AvgIpc) is 3.18. The van der Waals surface area contributed by atoms with Crippen LogP contribution in [0.4, 0.5) is 0 Å². The third kappa shape index (κ3) is 2.53. The molecular formula is C17H16N6O3. The number of fused-ring (bicyclic) bond motifs is 2. The quantitative estimate of drug-likeness (QED) is 0.520. The molecule has 1 aromatic carbocycles. The predicted molar refractivity (Wildman–Crippen MR) is 92.3 cm³/mol. The zero-order valence-corrected chi connectivity index (χ0v) is 14.5. The Hall–Kier alpha value is -3.49. The lowest BCUT2D eigenvalue weighted by atomic mass is 10.1. The number of aromatic nitrogens is 6. The van der Waals surface area contributed by atoms with Gasteiger partial charge in [0.15, 0.2) is 5.65 Å². The van der Waals surface area contributed by atoms with E-state index in [1.54, 1.807) is 25.1 Å². The fourth-order valence-electron chi connectivity index (χ4n) is 2.88. The topological polar surface area (TPSA) is 96.4 Å². The van der Waals surface area contributed by atoms with E-state index in [0.717, 1.165) is 16.6 Å². The molecule has 0 radical (unpaired) electrons. The SMILES string of the molecule is CCOC(=O)c1c(C)n(C)c2ccc(Oc3ccc4nnnn4n3)cc12. The highest BCUT2D eigenvalue weighted by Gasteiger charge is 2.20. The summed E-state index contributed by atoms with van der Waals surface area (Å²) in [5.74, 6) is 0.545. The number of carbonyl (C=O) groups excluding carboxylic acids is 1. The Morgan fingerprint density at radius 2 is 2.08 bits per heavy atom. The Labute approximate surface area is 148 Å². The number of rotatable bonds is 4. The van der Waals surface area contributed by atoms with E-state index in [2.05, 4.69) is 20.6 Å². The van der Waals surface area contributed by atoms with Crippen molar-refractivity contribution in [1.82, 2.24) is 29.8 Å². The van der Waals surface area contributed by atoms with Crippen LogP contribution in [0, 0.1) is 6.92 Å². The van der Waals surface area contributed by atoms with Crippen molar-refractivity contribution in [3.63, 3.8) is 0 Å². The van der Waals surface area contributed by atoms with E-state index in [4.69, 9.17) is 9.47 Å². The van der Waals surface area contributed by atoms with Crippen molar-refractivity contribution in [3.8, 4) is 11.6 Å². The van der Waals surface area contributed by atoms with Crippen molar-refractivity contribution in [2.24, 2.45) is 7.05 Å². The molecule has 3 aromatic heterocycles. The predicted octanol–water partition coefficient (Wildman–Crippen LogP) is 2.29. The third-order valence-corrected chi connectivity index (χ3v) is 4.21. The number of carbonyl (C=O) groups is 1. The van der Waals surface area contributed by atoms with Crippen LogP contribution in [0.15, 0.2) is 30.3 Å². The van der Waals surface area contributed by atoms with Gasteiger partial charge in [-0.2, -0.15) is 0 Å². The highest BCUT2D eigenvalue weighted by molar-refractivity contribution is 6.06. The molecular weight excluding hydrogens is 336 g/mol. The molecule has 0 spiro atoms. The molecule has 0 saturated carbocycles. The van der Waals surface area contributed by atoms with Crippen LogP contribution in [0.5, 0.6) is 11.6 Å². The van der Waals surface area contributed by atoms with Crippen LogP contribution in [-0.2, 0) is 11.8 Å². The zero-order chi connectivity index (χ0) is 18.3. The van der Waals surface area contributed by atoms with Gasteiger partial charge >= 0.3 is 5.97 Å². The van der Waals surface area contributed by atoms with Crippen molar-refractivity contribution in [2.75, 3.05) is 6.61 Å². The summed E-state index contributed by atoms with van der Waals surface area (Å²) in [5, 5.41) is 16.0. The normalized spacial score (nSPS) is 11.2. The molecule has 4 aromatic rings. The molecule has 132 valence electrons. The maximum atomic E-state index is 12.4. The number of hydrogen-bond acceptors (Lipinski definition) is 7. The largest absolute Gasteiger partial charge is 0.462 e. The first-order valence-corrected chi connectivity index (χ1v) is 8.08. The number of hydrogen-bond donors (Lipinski definition) is 0. The molecule has 0 fully saturated rings. The second kappa shape index (κ2) is 6.10. The zero-order valence-electron chi connectivity index (χ0n) is 14.5. The number of aryl methyl sites for hydroxylation is 1. The van der Waals surface area contributed by atoms with Crippen molar-refractivity contribution in [2.45, 2.75) is 13.8 Å². The molecule has 0 aliphatic carbocycles. The molecule has 0 aliphatic heterocycles. The van der Waals surface area contributed by atoms with Gasteiger partial charge < -0.3 is 14.0 Å². The fraction of sp³-hybridized carbons (Fsp3) is 0.235. The average molecular weight is 352 g/mol. The van der Waals surface area contributed by atoms with Crippen LogP contribution in [0.3, 0.4) is 0 Å². The second-order valence-electron chi connectivity index (χ2n) is 5.72. The van der Waals surface area contributed by atoms with Gasteiger partial charge in [-0.05, 0) is 48.5 Å². The first-order valence-electron chi connectivity index (χ1n) is 8.08. The van der Waals surface area contributed by atoms with E-state index < -0.39 is 0 Å². The molecule has 0 amide bonds. The fourth-order valence-corrected chi connectivity index (χ4v) is 2.88. The molecule has 0 N–H and O–H groups in total. The van der Waals surface area contributed by atoms with Crippen molar-refractivity contribution < 1.29 is 14.3 Å². The van der Waals surface area contributed by atoms with Crippen LogP contribution in [0.1, 0.15) is 23.0 Å². The summed E-state index contributed by atoms with van der Waals surface area (Å²) in [7, 11) is 1.91. The van der Waals surface area contributed by atoms with Crippen molar-refractivity contribution >= 4 is 22.5 Å². The van der Waals surface area contributed by atoms with Gasteiger partial charge in [0.1, 0.15) is 5.75 Å². The summed E-state index contributed by atoms with van der Waals surface area (Å²) < 4.78 is 14.3. The van der Waals surface area contributed by atoms with Crippen molar-refractivity contribution in [3.05, 3.63) is 41.6 Å². The summed E-state index contributed by atoms with van der Waals surface area (Å²) in [6, 6.07) is 8.91. The third-order valence-electron chi connectivity index (χ3n) is 4.21. The Morgan fingerprint density at radius 1 is 1.23 bits per heavy atom. The van der Waals surface area contributed by atoms with Crippen LogP contribution in [0.25, 0.3) is 16.6 Å². The Kier molecular flexibility index (Phi) is 3.76. The molecule has 4 rings (SSSR count). The van der Waals surface area contributed by atoms with Gasteiger partial charge in [0.2, 0.25) is 5.88 Å². The van der Waals surface area contributed by atoms with E-state index in [1.165, 1.54) is 4.63 Å². The van der Waals surface area contributed by atoms with E-state index in [9.17, 15) is 4.79 Å². The summed E-state index contributed by atoms with van der Waals surface area (Å²) >= 11 is 0. The molecule has 0 unspecified atom stereocenters. The van der Waals surface area contributed by atoms with Gasteiger partial charge in [-0.3, -0.25) is 0 Å². The van der Waals surface area contributed by atoms with Gasteiger partial charge in [0, 0.05) is 29.7 Å². The summed E-state index contributed by atoms with van der Waals surface area (Å²) in [6.45, 7) is 3.99. The van der Waals surface area contributed by atoms with E-state index >= 15 is 0 Å². The molecule has 9 nitrogen and oxygen atoms in total. The van der Waals surface area contributed by atoms with Crippen molar-refractivity contribution in [1.29, 1.82) is 0 Å². The minimum atomic E-state index is -0.346. The Morgan fingerprint density at radius 3 is 2.88 bits per heavy atom. The lowest BCUT2D eigenvalue weighted by molar-refractivity contribution is 0.0527. The van der Waals surface area contributed by atoms with Crippen LogP contribution < -0.4 is 4.74 Å². The molecule has 26 heavy (non-hydrogen) atoms. The second-order valence-corrected chi connectivity index (χ2v) is 5.72. The van der Waals surface area contributed by atoms with E-state index in [-0.39, 0.29) is 5.97 Å². The number of benzene rings is 1. The molecule has 9 heteroatoms. The van der Waals surface area contributed by atoms with Gasteiger partial charge in [-0.25, -0.2) is 4.79 Å². The van der Waals surface area contributed by atoms with E-state index in [1.807, 2.05) is 30.7 Å². The number of esters is 1. The molecule has 0 bridgehead atoms. The van der Waals surface area contributed by atoms with Crippen LogP contribution >= 0.6 is 0 Å². The number of tetrazole rings is 1. The highest BCUT2D eigenvalue weighted by atomic mass is 16.5. The Bertz CT molecular complexity index is 1130. The van der Waals surface area contributed by atoms with Gasteiger partial charge in [-0.1, -0.05) is 0 Å². The molecule has 0 atom stereocenters. The first kappa shape index (κ1) is 16.0. The Balaban J connectivity index is 1.76. The van der Waals surface area contributed by atoms with Crippen LogP contribution in [-0.4, -0.2) is 42.4 Å².